The van der Waals surface area contributed by atoms with Crippen molar-refractivity contribution in [2.45, 2.75) is 103 Å². The zero-order valence-electron chi connectivity index (χ0n) is 21.0. The van der Waals surface area contributed by atoms with Crippen LogP contribution in [0.3, 0.4) is 0 Å². The highest BCUT2D eigenvalue weighted by Crippen LogP contribution is 2.13. The summed E-state index contributed by atoms with van der Waals surface area (Å²) in [7, 11) is 0. The third-order valence-corrected chi connectivity index (χ3v) is 5.83. The summed E-state index contributed by atoms with van der Waals surface area (Å²) in [6, 6.07) is 0. The van der Waals surface area contributed by atoms with Gasteiger partial charge in [-0.05, 0) is 38.5 Å². The molecule has 12 nitrogen and oxygen atoms in total. The van der Waals surface area contributed by atoms with E-state index < -0.39 is 23.2 Å². The molecule has 1 rings (SSSR count). The van der Waals surface area contributed by atoms with Gasteiger partial charge < -0.3 is 0 Å². The molecule has 36 heavy (non-hydrogen) atoms. The van der Waals surface area contributed by atoms with Crippen LogP contribution in [0.5, 0.6) is 0 Å². The summed E-state index contributed by atoms with van der Waals surface area (Å²) in [6.07, 6.45) is 11.5. The maximum Gasteiger partial charge on any atom is 0.338 e. The van der Waals surface area contributed by atoms with Crippen molar-refractivity contribution in [1.82, 2.24) is 13.7 Å². The lowest BCUT2D eigenvalue weighted by molar-refractivity contribution is 0.361. The molecule has 0 saturated heterocycles. The fourth-order valence-corrected chi connectivity index (χ4v) is 3.90. The standard InChI is InChI=1S/C24H36N6O6/c1-2-3-8-13-21(27-20-33)30-23(35)28(16-11-6-4-9-14-25-18-31)22(34)29(24(30)36)17-12-7-5-10-15-26-19-32/h21H,2-17H2,1H3. The van der Waals surface area contributed by atoms with E-state index in [1.54, 1.807) is 0 Å². The molecule has 0 saturated carbocycles. The lowest BCUT2D eigenvalue weighted by Crippen LogP contribution is -2.55. The smallest absolute Gasteiger partial charge is 0.247 e. The fourth-order valence-electron chi connectivity index (χ4n) is 3.90. The van der Waals surface area contributed by atoms with Gasteiger partial charge in [0.2, 0.25) is 18.2 Å². The van der Waals surface area contributed by atoms with Gasteiger partial charge >= 0.3 is 17.1 Å². The molecule has 0 bridgehead atoms. The molecule has 1 aromatic heterocycles. The Labute approximate surface area is 209 Å². The minimum absolute atomic E-state index is 0.116. The van der Waals surface area contributed by atoms with Crippen molar-refractivity contribution in [1.29, 1.82) is 0 Å². The Morgan fingerprint density at radius 1 is 0.639 bits per heavy atom. The summed E-state index contributed by atoms with van der Waals surface area (Å²) in [5.41, 5.74) is -2.24. The SMILES string of the molecule is CCCCCC(N=C=O)n1c(=O)n(CCCCCCN=C=O)c(=O)n(CCCCCCN=C=O)c1=O. The molecule has 0 aliphatic carbocycles. The van der Waals surface area contributed by atoms with Gasteiger partial charge in [0, 0.05) is 13.1 Å². The first kappa shape index (κ1) is 30.6. The third kappa shape index (κ3) is 10.4. The van der Waals surface area contributed by atoms with Crippen LogP contribution in [-0.4, -0.2) is 45.0 Å². The zero-order valence-corrected chi connectivity index (χ0v) is 21.0. The van der Waals surface area contributed by atoms with Gasteiger partial charge in [0.05, 0.1) is 13.1 Å². The van der Waals surface area contributed by atoms with Gasteiger partial charge in [-0.3, -0.25) is 0 Å². The van der Waals surface area contributed by atoms with Crippen molar-refractivity contribution < 1.29 is 14.4 Å². The summed E-state index contributed by atoms with van der Waals surface area (Å²) in [5.74, 6) is 0. The topological polar surface area (TPSA) is 154 Å². The van der Waals surface area contributed by atoms with Crippen LogP contribution in [0.1, 0.15) is 90.1 Å². The molecule has 12 heteroatoms. The van der Waals surface area contributed by atoms with Crippen LogP contribution in [0.25, 0.3) is 0 Å². The summed E-state index contributed by atoms with van der Waals surface area (Å²) >= 11 is 0. The van der Waals surface area contributed by atoms with Crippen molar-refractivity contribution >= 4 is 18.2 Å². The van der Waals surface area contributed by atoms with Crippen molar-refractivity contribution in [2.24, 2.45) is 15.0 Å². The first-order chi connectivity index (χ1) is 17.5. The summed E-state index contributed by atoms with van der Waals surface area (Å²) in [6.45, 7) is 3.00. The van der Waals surface area contributed by atoms with Gasteiger partial charge in [-0.25, -0.2) is 52.5 Å². The van der Waals surface area contributed by atoms with E-state index in [2.05, 4.69) is 15.0 Å². The highest BCUT2D eigenvalue weighted by molar-refractivity contribution is 5.33. The maximum absolute atomic E-state index is 13.2. The van der Waals surface area contributed by atoms with Crippen molar-refractivity contribution in [3.63, 3.8) is 0 Å². The average molecular weight is 505 g/mol. The Kier molecular flexibility index (Phi) is 16.0. The van der Waals surface area contributed by atoms with Crippen LogP contribution < -0.4 is 17.1 Å². The predicted octanol–water partition coefficient (Wildman–Crippen LogP) is 2.38. The zero-order chi connectivity index (χ0) is 26.6. The lowest BCUT2D eigenvalue weighted by atomic mass is 10.2. The van der Waals surface area contributed by atoms with Gasteiger partial charge in [-0.1, -0.05) is 45.4 Å². The molecule has 0 spiro atoms. The van der Waals surface area contributed by atoms with E-state index in [1.165, 1.54) is 18.2 Å². The molecule has 1 atom stereocenters. The van der Waals surface area contributed by atoms with E-state index in [0.29, 0.717) is 64.5 Å². The summed E-state index contributed by atoms with van der Waals surface area (Å²) in [5, 5.41) is 0. The molecule has 1 aromatic rings. The largest absolute Gasteiger partial charge is 0.338 e. The number of aromatic nitrogens is 3. The molecule has 0 aliphatic rings. The summed E-state index contributed by atoms with van der Waals surface area (Å²) in [4.78, 5) is 81.6. The number of carbonyl (C=O) groups excluding carboxylic acids is 3. The van der Waals surface area contributed by atoms with Gasteiger partial charge in [0.1, 0.15) is 6.17 Å². The molecule has 1 heterocycles. The molecular formula is C24H36N6O6. The van der Waals surface area contributed by atoms with Crippen LogP contribution >= 0.6 is 0 Å². The Bertz CT molecular complexity index is 1050. The van der Waals surface area contributed by atoms with Gasteiger partial charge in [0.25, 0.3) is 0 Å². The Morgan fingerprint density at radius 3 is 1.58 bits per heavy atom. The highest BCUT2D eigenvalue weighted by atomic mass is 16.2. The number of rotatable bonds is 20. The van der Waals surface area contributed by atoms with Crippen LogP contribution in [-0.2, 0) is 27.5 Å². The number of unbranched alkanes of at least 4 members (excludes halogenated alkanes) is 8. The lowest BCUT2D eigenvalue weighted by Gasteiger charge is -2.18. The van der Waals surface area contributed by atoms with E-state index in [4.69, 9.17) is 0 Å². The number of hydrogen-bond acceptors (Lipinski definition) is 9. The molecular weight excluding hydrogens is 468 g/mol. The van der Waals surface area contributed by atoms with Gasteiger partial charge in [-0.2, -0.15) is 4.99 Å². The quantitative estimate of drug-likeness (QED) is 0.151. The predicted molar refractivity (Wildman–Crippen MR) is 133 cm³/mol. The van der Waals surface area contributed by atoms with Crippen molar-refractivity contribution in [2.75, 3.05) is 13.1 Å². The Balaban J connectivity index is 3.19. The van der Waals surface area contributed by atoms with Gasteiger partial charge in [0.15, 0.2) is 0 Å². The Hall–Kier alpha value is -3.45. The van der Waals surface area contributed by atoms with Crippen LogP contribution in [0.15, 0.2) is 29.4 Å². The molecule has 0 amide bonds. The van der Waals surface area contributed by atoms with Crippen molar-refractivity contribution in [3.05, 3.63) is 31.5 Å². The highest BCUT2D eigenvalue weighted by Gasteiger charge is 2.21. The second kappa shape index (κ2) is 18.8. The van der Waals surface area contributed by atoms with E-state index in [0.717, 1.165) is 39.4 Å². The van der Waals surface area contributed by atoms with E-state index in [1.807, 2.05) is 6.92 Å². The molecule has 198 valence electrons. The molecule has 0 fully saturated rings. The van der Waals surface area contributed by atoms with E-state index >= 15 is 0 Å². The fraction of sp³-hybridized carbons (Fsp3) is 0.750. The molecule has 0 aliphatic heterocycles. The molecule has 0 aromatic carbocycles. The second-order valence-corrected chi connectivity index (χ2v) is 8.49. The van der Waals surface area contributed by atoms with E-state index in [9.17, 15) is 28.8 Å². The second-order valence-electron chi connectivity index (χ2n) is 8.49. The average Bonchev–Trinajstić information content (AvgIpc) is 2.86. The number of hydrogen-bond donors (Lipinski definition) is 0. The first-order valence-corrected chi connectivity index (χ1v) is 12.6. The molecule has 0 N–H and O–H groups in total. The van der Waals surface area contributed by atoms with Crippen LogP contribution in [0, 0.1) is 0 Å². The van der Waals surface area contributed by atoms with Crippen molar-refractivity contribution in [3.8, 4) is 0 Å². The first-order valence-electron chi connectivity index (χ1n) is 12.6. The maximum atomic E-state index is 13.2. The van der Waals surface area contributed by atoms with Crippen LogP contribution in [0.2, 0.25) is 0 Å². The molecule has 1 unspecified atom stereocenters. The monoisotopic (exact) mass is 504 g/mol. The van der Waals surface area contributed by atoms with Gasteiger partial charge in [-0.15, -0.1) is 0 Å². The Morgan fingerprint density at radius 2 is 1.14 bits per heavy atom. The third-order valence-electron chi connectivity index (χ3n) is 5.83. The van der Waals surface area contributed by atoms with E-state index in [-0.39, 0.29) is 13.1 Å². The van der Waals surface area contributed by atoms with Crippen LogP contribution in [0.4, 0.5) is 0 Å². The number of aliphatic imine (C=N–C) groups is 3. The number of nitrogens with zero attached hydrogens (tertiary/aromatic N) is 6. The molecule has 0 radical (unpaired) electrons. The minimum Gasteiger partial charge on any atom is -0.247 e. The number of isocyanates is 3. The normalized spacial score (nSPS) is 11.2. The minimum atomic E-state index is -1.02. The summed E-state index contributed by atoms with van der Waals surface area (Å²) < 4.78 is 2.98.